The van der Waals surface area contributed by atoms with E-state index in [2.05, 4.69) is 5.32 Å². The molecule has 0 spiro atoms. The van der Waals surface area contributed by atoms with Crippen molar-refractivity contribution in [2.75, 3.05) is 32.7 Å². The molecule has 1 aromatic carbocycles. The molecule has 2 aromatic rings. The largest absolute Gasteiger partial charge is 0.451 e. The zero-order chi connectivity index (χ0) is 18.8. The summed E-state index contributed by atoms with van der Waals surface area (Å²) >= 11 is 0. The van der Waals surface area contributed by atoms with Gasteiger partial charge in [-0.1, -0.05) is 0 Å². The lowest BCUT2D eigenvalue weighted by atomic mass is 10.0. The molecule has 2 saturated heterocycles. The number of furan rings is 1. The van der Waals surface area contributed by atoms with Gasteiger partial charge in [-0.15, -0.1) is 12.4 Å². The quantitative estimate of drug-likeness (QED) is 0.849. The number of hydrogen-bond acceptors (Lipinski definition) is 4. The Balaban J connectivity index is 0.00000225. The molecule has 150 valence electrons. The topological polar surface area (TPSA) is 65.8 Å². The Bertz CT molecular complexity index is 839. The summed E-state index contributed by atoms with van der Waals surface area (Å²) < 4.78 is 18.8. The number of rotatable bonds is 3. The lowest BCUT2D eigenvalue weighted by molar-refractivity contribution is -0.135. The Morgan fingerprint density at radius 1 is 1.14 bits per heavy atom. The van der Waals surface area contributed by atoms with Crippen LogP contribution in [-0.4, -0.2) is 60.4 Å². The van der Waals surface area contributed by atoms with Gasteiger partial charge in [0.05, 0.1) is 6.54 Å². The summed E-state index contributed by atoms with van der Waals surface area (Å²) in [6.45, 7) is 3.01. The van der Waals surface area contributed by atoms with Crippen molar-refractivity contribution >= 4 is 24.2 Å². The molecule has 6 nitrogen and oxygen atoms in total. The monoisotopic (exact) mass is 407 g/mol. The number of likely N-dealkylation sites (tertiary alicyclic amines) is 1. The van der Waals surface area contributed by atoms with Crippen molar-refractivity contribution in [3.05, 3.63) is 48.0 Å². The molecule has 2 amide bonds. The highest BCUT2D eigenvalue weighted by Crippen LogP contribution is 2.25. The standard InChI is InChI=1S/C20H22FN3O3.ClH/c21-15-5-3-14(4-6-15)17-7-8-18(27-17)20(26)23-10-1-2-16(13-23)24-11-9-22-12-19(24)25;/h3-8,16,22H,1-2,9-13H2;1H. The summed E-state index contributed by atoms with van der Waals surface area (Å²) in [7, 11) is 0. The summed E-state index contributed by atoms with van der Waals surface area (Å²) in [6.07, 6.45) is 1.77. The van der Waals surface area contributed by atoms with Crippen molar-refractivity contribution in [1.82, 2.24) is 15.1 Å². The Kier molecular flexibility index (Phi) is 6.36. The average Bonchev–Trinajstić information content (AvgIpc) is 3.18. The Hall–Kier alpha value is -2.38. The molecule has 1 N–H and O–H groups in total. The second-order valence-electron chi connectivity index (χ2n) is 6.98. The molecule has 0 radical (unpaired) electrons. The predicted molar refractivity (Wildman–Crippen MR) is 105 cm³/mol. The van der Waals surface area contributed by atoms with E-state index in [0.29, 0.717) is 31.9 Å². The number of carbonyl (C=O) groups is 2. The first-order valence-corrected chi connectivity index (χ1v) is 9.27. The highest BCUT2D eigenvalue weighted by molar-refractivity contribution is 5.92. The van der Waals surface area contributed by atoms with Crippen molar-refractivity contribution in [1.29, 1.82) is 0 Å². The molecule has 2 aliphatic heterocycles. The smallest absolute Gasteiger partial charge is 0.289 e. The zero-order valence-corrected chi connectivity index (χ0v) is 16.2. The van der Waals surface area contributed by atoms with E-state index in [-0.39, 0.29) is 41.8 Å². The second-order valence-corrected chi connectivity index (χ2v) is 6.98. The number of nitrogens with one attached hydrogen (secondary N) is 1. The fraction of sp³-hybridized carbons (Fsp3) is 0.400. The first-order valence-electron chi connectivity index (χ1n) is 9.27. The highest BCUT2D eigenvalue weighted by Gasteiger charge is 2.32. The average molecular weight is 408 g/mol. The van der Waals surface area contributed by atoms with Crippen molar-refractivity contribution in [3.63, 3.8) is 0 Å². The maximum atomic E-state index is 13.1. The van der Waals surface area contributed by atoms with E-state index < -0.39 is 0 Å². The minimum absolute atomic E-state index is 0. The van der Waals surface area contributed by atoms with Crippen molar-refractivity contribution in [3.8, 4) is 11.3 Å². The van der Waals surface area contributed by atoms with Crippen LogP contribution in [-0.2, 0) is 4.79 Å². The molecule has 2 aliphatic rings. The van der Waals surface area contributed by atoms with E-state index in [1.54, 1.807) is 29.2 Å². The van der Waals surface area contributed by atoms with E-state index in [0.717, 1.165) is 24.9 Å². The van der Waals surface area contributed by atoms with Gasteiger partial charge in [0, 0.05) is 37.8 Å². The van der Waals surface area contributed by atoms with Crippen LogP contribution in [0.15, 0.2) is 40.8 Å². The molecule has 3 heterocycles. The predicted octanol–water partition coefficient (Wildman–Crippen LogP) is 2.54. The van der Waals surface area contributed by atoms with Crippen LogP contribution in [0.2, 0.25) is 0 Å². The first kappa shape index (κ1) is 20.4. The van der Waals surface area contributed by atoms with Crippen molar-refractivity contribution in [2.45, 2.75) is 18.9 Å². The van der Waals surface area contributed by atoms with Gasteiger partial charge >= 0.3 is 0 Å². The Morgan fingerprint density at radius 3 is 2.68 bits per heavy atom. The van der Waals surface area contributed by atoms with Gasteiger partial charge in [0.1, 0.15) is 11.6 Å². The second kappa shape index (κ2) is 8.75. The minimum Gasteiger partial charge on any atom is -0.451 e. The van der Waals surface area contributed by atoms with Gasteiger partial charge in [-0.2, -0.15) is 0 Å². The summed E-state index contributed by atoms with van der Waals surface area (Å²) in [5.74, 6) is 0.405. The normalized spacial score (nSPS) is 20.0. The highest BCUT2D eigenvalue weighted by atomic mass is 35.5. The van der Waals surface area contributed by atoms with Crippen LogP contribution in [0, 0.1) is 5.82 Å². The summed E-state index contributed by atoms with van der Waals surface area (Å²) in [5.41, 5.74) is 0.721. The van der Waals surface area contributed by atoms with Crippen molar-refractivity contribution in [2.24, 2.45) is 0 Å². The number of piperidine rings is 1. The molecule has 1 atom stereocenters. The molecule has 1 unspecified atom stereocenters. The fourth-order valence-corrected chi connectivity index (χ4v) is 3.78. The molecule has 2 fully saturated rings. The molecular weight excluding hydrogens is 385 g/mol. The van der Waals surface area contributed by atoms with Crippen LogP contribution in [0.4, 0.5) is 4.39 Å². The molecule has 4 rings (SSSR count). The third-order valence-corrected chi connectivity index (χ3v) is 5.20. The molecule has 0 saturated carbocycles. The van der Waals surface area contributed by atoms with Gasteiger partial charge < -0.3 is 19.5 Å². The molecule has 0 aliphatic carbocycles. The molecule has 8 heteroatoms. The summed E-state index contributed by atoms with van der Waals surface area (Å²) in [5, 5.41) is 3.07. The zero-order valence-electron chi connectivity index (χ0n) is 15.4. The lowest BCUT2D eigenvalue weighted by Gasteiger charge is -2.40. The van der Waals surface area contributed by atoms with Crippen LogP contribution in [0.1, 0.15) is 23.4 Å². The van der Waals surface area contributed by atoms with Gasteiger partial charge in [-0.05, 0) is 49.2 Å². The maximum Gasteiger partial charge on any atom is 0.289 e. The summed E-state index contributed by atoms with van der Waals surface area (Å²) in [6, 6.07) is 9.40. The lowest BCUT2D eigenvalue weighted by Crippen LogP contribution is -2.57. The molecule has 1 aromatic heterocycles. The van der Waals surface area contributed by atoms with Crippen molar-refractivity contribution < 1.29 is 18.4 Å². The Morgan fingerprint density at radius 2 is 1.93 bits per heavy atom. The molecular formula is C20H23ClFN3O3. The number of amides is 2. The van der Waals surface area contributed by atoms with Crippen LogP contribution >= 0.6 is 12.4 Å². The number of nitrogens with zero attached hydrogens (tertiary/aromatic N) is 2. The minimum atomic E-state index is -0.316. The number of halogens is 2. The Labute approximate surface area is 169 Å². The van der Waals surface area contributed by atoms with E-state index in [1.807, 2.05) is 4.90 Å². The van der Waals surface area contributed by atoms with Crippen LogP contribution in [0.3, 0.4) is 0 Å². The van der Waals surface area contributed by atoms with Gasteiger partial charge in [0.25, 0.3) is 5.91 Å². The summed E-state index contributed by atoms with van der Waals surface area (Å²) in [4.78, 5) is 28.7. The van der Waals surface area contributed by atoms with E-state index in [4.69, 9.17) is 4.42 Å². The van der Waals surface area contributed by atoms with Gasteiger partial charge in [-0.3, -0.25) is 9.59 Å². The SMILES string of the molecule is Cl.O=C(c1ccc(-c2ccc(F)cc2)o1)N1CCCC(N2CCNCC2=O)C1. The number of piperazine rings is 1. The number of carbonyl (C=O) groups excluding carboxylic acids is 2. The van der Waals surface area contributed by atoms with E-state index in [9.17, 15) is 14.0 Å². The molecule has 0 bridgehead atoms. The third-order valence-electron chi connectivity index (χ3n) is 5.20. The van der Waals surface area contributed by atoms with E-state index in [1.165, 1.54) is 12.1 Å². The third kappa shape index (κ3) is 4.20. The van der Waals surface area contributed by atoms with Gasteiger partial charge in [0.2, 0.25) is 5.91 Å². The fourth-order valence-electron chi connectivity index (χ4n) is 3.78. The maximum absolute atomic E-state index is 13.1. The van der Waals surface area contributed by atoms with Crippen LogP contribution in [0.25, 0.3) is 11.3 Å². The van der Waals surface area contributed by atoms with E-state index >= 15 is 0 Å². The molecule has 28 heavy (non-hydrogen) atoms. The number of hydrogen-bond donors (Lipinski definition) is 1. The van der Waals surface area contributed by atoms with Crippen LogP contribution in [0.5, 0.6) is 0 Å². The van der Waals surface area contributed by atoms with Gasteiger partial charge in [0.15, 0.2) is 5.76 Å². The van der Waals surface area contributed by atoms with Gasteiger partial charge in [-0.25, -0.2) is 4.39 Å². The first-order chi connectivity index (χ1) is 13.1. The van der Waals surface area contributed by atoms with Crippen LogP contribution < -0.4 is 5.32 Å². The number of benzene rings is 1.